The Kier molecular flexibility index (Phi) is 2.88. The smallest absolute Gasteiger partial charge is 0.276 e. The van der Waals surface area contributed by atoms with Crippen molar-refractivity contribution in [2.75, 3.05) is 18.4 Å². The molecule has 0 aliphatic carbocycles. The van der Waals surface area contributed by atoms with E-state index in [1.165, 1.54) is 10.8 Å². The maximum atomic E-state index is 13.0. The third kappa shape index (κ3) is 2.47. The van der Waals surface area contributed by atoms with E-state index >= 15 is 0 Å². The molecule has 92 valence electrons. The molecule has 2 aromatic rings. The molecule has 0 amide bonds. The number of alkyl halides is 2. The summed E-state index contributed by atoms with van der Waals surface area (Å²) >= 11 is 0. The van der Waals surface area contributed by atoms with Crippen LogP contribution in [0.2, 0.25) is 0 Å². The van der Waals surface area contributed by atoms with Crippen LogP contribution in [-0.4, -0.2) is 38.6 Å². The van der Waals surface area contributed by atoms with Crippen molar-refractivity contribution in [2.45, 2.75) is 12.8 Å². The monoisotopic (exact) mass is 242 g/mol. The normalized spacial score (nSPS) is 12.0. The van der Waals surface area contributed by atoms with E-state index in [1.54, 1.807) is 13.0 Å². The van der Waals surface area contributed by atoms with Gasteiger partial charge in [0, 0.05) is 11.8 Å². The fourth-order valence-corrected chi connectivity index (χ4v) is 1.35. The largest absolute Gasteiger partial charge is 0.364 e. The van der Waals surface area contributed by atoms with Crippen LogP contribution in [0.3, 0.4) is 0 Å². The van der Waals surface area contributed by atoms with Gasteiger partial charge in [-0.05, 0) is 6.92 Å². The highest BCUT2D eigenvalue weighted by molar-refractivity contribution is 5.44. The number of hydrogen-bond donors (Lipinski definition) is 2. The van der Waals surface area contributed by atoms with Crippen molar-refractivity contribution in [1.82, 2.24) is 19.6 Å². The van der Waals surface area contributed by atoms with Gasteiger partial charge in [-0.15, -0.1) is 0 Å². The summed E-state index contributed by atoms with van der Waals surface area (Å²) in [4.78, 5) is 7.99. The predicted octanol–water partition coefficient (Wildman–Crippen LogP) is 0.439. The molecule has 8 heteroatoms. The van der Waals surface area contributed by atoms with Crippen molar-refractivity contribution >= 4 is 11.6 Å². The van der Waals surface area contributed by atoms with Gasteiger partial charge < -0.3 is 11.1 Å². The van der Waals surface area contributed by atoms with Gasteiger partial charge in [0.25, 0.3) is 11.7 Å². The van der Waals surface area contributed by atoms with Crippen LogP contribution in [0.15, 0.2) is 12.4 Å². The van der Waals surface area contributed by atoms with E-state index in [-0.39, 0.29) is 0 Å². The van der Waals surface area contributed by atoms with Gasteiger partial charge in [-0.3, -0.25) is 0 Å². The number of fused-ring (bicyclic) bond motifs is 1. The zero-order chi connectivity index (χ0) is 12.5. The summed E-state index contributed by atoms with van der Waals surface area (Å²) in [5.41, 5.74) is 5.63. The van der Waals surface area contributed by atoms with E-state index in [4.69, 9.17) is 5.73 Å². The topological polar surface area (TPSA) is 81.1 Å². The molecular formula is C9H12F2N6. The lowest BCUT2D eigenvalue weighted by atomic mass is 10.3. The maximum absolute atomic E-state index is 13.0. The molecule has 17 heavy (non-hydrogen) atoms. The maximum Gasteiger partial charge on any atom is 0.276 e. The summed E-state index contributed by atoms with van der Waals surface area (Å²) in [7, 11) is 0. The van der Waals surface area contributed by atoms with Crippen LogP contribution in [0, 0.1) is 6.92 Å². The predicted molar refractivity (Wildman–Crippen MR) is 58.0 cm³/mol. The van der Waals surface area contributed by atoms with Crippen molar-refractivity contribution < 1.29 is 8.78 Å². The second-order valence-corrected chi connectivity index (χ2v) is 3.67. The van der Waals surface area contributed by atoms with Gasteiger partial charge in [-0.1, -0.05) is 0 Å². The van der Waals surface area contributed by atoms with Crippen molar-refractivity contribution in [3.63, 3.8) is 0 Å². The van der Waals surface area contributed by atoms with Gasteiger partial charge >= 0.3 is 0 Å². The Morgan fingerprint density at radius 1 is 1.53 bits per heavy atom. The lowest BCUT2D eigenvalue weighted by Gasteiger charge is -2.15. The SMILES string of the molecule is Cc1cc(NCC(F)(F)CN)n2ncnc2n1. The van der Waals surface area contributed by atoms with Crippen LogP contribution in [0.1, 0.15) is 5.69 Å². The highest BCUT2D eigenvalue weighted by atomic mass is 19.3. The number of nitrogens with two attached hydrogens (primary N) is 1. The molecule has 0 saturated carbocycles. The number of aromatic nitrogens is 4. The minimum Gasteiger partial charge on any atom is -0.364 e. The zero-order valence-corrected chi connectivity index (χ0v) is 9.19. The second-order valence-electron chi connectivity index (χ2n) is 3.67. The number of nitrogens with one attached hydrogen (secondary N) is 1. The highest BCUT2D eigenvalue weighted by Gasteiger charge is 2.26. The van der Waals surface area contributed by atoms with Crippen molar-refractivity contribution in [2.24, 2.45) is 5.73 Å². The fourth-order valence-electron chi connectivity index (χ4n) is 1.35. The van der Waals surface area contributed by atoms with E-state index in [1.807, 2.05) is 0 Å². The minimum atomic E-state index is -2.95. The molecule has 6 nitrogen and oxygen atoms in total. The Balaban J connectivity index is 2.26. The van der Waals surface area contributed by atoms with E-state index in [0.29, 0.717) is 17.3 Å². The number of rotatable bonds is 4. The van der Waals surface area contributed by atoms with Crippen LogP contribution in [-0.2, 0) is 0 Å². The summed E-state index contributed by atoms with van der Waals surface area (Å²) in [6, 6.07) is 1.62. The van der Waals surface area contributed by atoms with Crippen LogP contribution in [0.25, 0.3) is 5.78 Å². The molecule has 0 saturated heterocycles. The molecule has 0 radical (unpaired) electrons. The molecule has 0 unspecified atom stereocenters. The molecule has 3 N–H and O–H groups in total. The molecule has 2 aromatic heterocycles. The standard InChI is InChI=1S/C9H12F2N6/c1-6-2-7(13-4-9(10,11)3-12)17-8(16-6)14-5-15-17/h2,5,13H,3-4,12H2,1H3. The van der Waals surface area contributed by atoms with Gasteiger partial charge in [-0.2, -0.15) is 14.6 Å². The van der Waals surface area contributed by atoms with Gasteiger partial charge in [0.05, 0.1) is 13.1 Å². The van der Waals surface area contributed by atoms with E-state index in [0.717, 1.165) is 0 Å². The van der Waals surface area contributed by atoms with E-state index in [9.17, 15) is 8.78 Å². The number of anilines is 1. The minimum absolute atomic E-state index is 0.364. The Bertz CT molecular complexity index is 523. The second kappa shape index (κ2) is 4.21. The van der Waals surface area contributed by atoms with Gasteiger partial charge in [-0.25, -0.2) is 13.8 Å². The van der Waals surface area contributed by atoms with Gasteiger partial charge in [0.1, 0.15) is 12.1 Å². The molecule has 0 atom stereocenters. The first-order valence-corrected chi connectivity index (χ1v) is 5.01. The Labute approximate surface area is 95.9 Å². The van der Waals surface area contributed by atoms with E-state index < -0.39 is 19.0 Å². The van der Waals surface area contributed by atoms with Crippen LogP contribution in [0.5, 0.6) is 0 Å². The summed E-state index contributed by atoms with van der Waals surface area (Å²) in [5.74, 6) is -2.17. The molecule has 0 aliphatic heterocycles. The third-order valence-corrected chi connectivity index (χ3v) is 2.21. The highest BCUT2D eigenvalue weighted by Crippen LogP contribution is 2.15. The molecule has 0 aromatic carbocycles. The average molecular weight is 242 g/mol. The molecule has 0 bridgehead atoms. The van der Waals surface area contributed by atoms with Crippen molar-refractivity contribution in [3.8, 4) is 0 Å². The quantitative estimate of drug-likeness (QED) is 0.813. The van der Waals surface area contributed by atoms with Gasteiger partial charge in [0.15, 0.2) is 0 Å². The Hall–Kier alpha value is -1.83. The molecule has 0 aliphatic rings. The lowest BCUT2D eigenvalue weighted by molar-refractivity contribution is 0.0252. The summed E-state index contributed by atoms with van der Waals surface area (Å²) in [5, 5.41) is 6.49. The lowest BCUT2D eigenvalue weighted by Crippen LogP contribution is -2.35. The molecule has 0 spiro atoms. The molecule has 0 fully saturated rings. The summed E-state index contributed by atoms with van der Waals surface area (Å²) < 4.78 is 27.4. The molecule has 2 heterocycles. The Morgan fingerprint density at radius 3 is 3.00 bits per heavy atom. The first kappa shape index (κ1) is 11.6. The number of halogens is 2. The fraction of sp³-hybridized carbons (Fsp3) is 0.444. The number of nitrogens with zero attached hydrogens (tertiary/aromatic N) is 4. The van der Waals surface area contributed by atoms with Crippen LogP contribution in [0.4, 0.5) is 14.6 Å². The first-order valence-electron chi connectivity index (χ1n) is 5.01. The summed E-state index contributed by atoms with van der Waals surface area (Å²) in [6.45, 7) is 0.493. The first-order chi connectivity index (χ1) is 8.02. The Morgan fingerprint density at radius 2 is 2.29 bits per heavy atom. The molecular weight excluding hydrogens is 230 g/mol. The number of hydrogen-bond acceptors (Lipinski definition) is 5. The zero-order valence-electron chi connectivity index (χ0n) is 9.19. The molecule has 2 rings (SSSR count). The summed E-state index contributed by atoms with van der Waals surface area (Å²) in [6.07, 6.45) is 1.31. The average Bonchev–Trinajstić information content (AvgIpc) is 2.73. The van der Waals surface area contributed by atoms with Crippen LogP contribution < -0.4 is 11.1 Å². The van der Waals surface area contributed by atoms with E-state index in [2.05, 4.69) is 20.4 Å². The third-order valence-electron chi connectivity index (χ3n) is 2.21. The van der Waals surface area contributed by atoms with Gasteiger partial charge in [0.2, 0.25) is 0 Å². The number of aryl methyl sites for hydroxylation is 1. The van der Waals surface area contributed by atoms with Crippen molar-refractivity contribution in [1.29, 1.82) is 0 Å². The van der Waals surface area contributed by atoms with Crippen molar-refractivity contribution in [3.05, 3.63) is 18.1 Å². The van der Waals surface area contributed by atoms with Crippen LogP contribution >= 0.6 is 0 Å².